The highest BCUT2D eigenvalue weighted by Gasteiger charge is 2.25. The van der Waals surface area contributed by atoms with Gasteiger partial charge < -0.3 is 5.32 Å². The maximum Gasteiger partial charge on any atom is 0.295 e. The number of carbonyl (C=O) groups excluding carboxylic acids is 1. The van der Waals surface area contributed by atoms with Gasteiger partial charge in [-0.1, -0.05) is 26.0 Å². The fourth-order valence-corrected chi connectivity index (χ4v) is 4.34. The van der Waals surface area contributed by atoms with Crippen LogP contribution in [0.5, 0.6) is 0 Å². The Morgan fingerprint density at radius 1 is 1.13 bits per heavy atom. The van der Waals surface area contributed by atoms with E-state index in [0.29, 0.717) is 17.0 Å². The predicted octanol–water partition coefficient (Wildman–Crippen LogP) is 3.42. The minimum absolute atomic E-state index is 0.0564. The number of hydrogen-bond acceptors (Lipinski definition) is 7. The molecule has 166 valence electrons. The van der Waals surface area contributed by atoms with Gasteiger partial charge in [-0.2, -0.15) is 9.41 Å². The van der Waals surface area contributed by atoms with Gasteiger partial charge in [0.15, 0.2) is 0 Å². The van der Waals surface area contributed by atoms with E-state index in [1.54, 1.807) is 45.0 Å². The van der Waals surface area contributed by atoms with Gasteiger partial charge in [0.05, 0.1) is 15.5 Å². The molecule has 0 aliphatic carbocycles. The van der Waals surface area contributed by atoms with Crippen LogP contribution in [0.3, 0.4) is 0 Å². The van der Waals surface area contributed by atoms with Crippen LogP contribution in [0.25, 0.3) is 0 Å². The summed E-state index contributed by atoms with van der Waals surface area (Å²) in [6, 6.07) is 10.6. The number of hydrazone groups is 1. The van der Waals surface area contributed by atoms with Crippen molar-refractivity contribution in [2.75, 3.05) is 23.8 Å². The SMILES string of the molecule is CCN(CC)S(=O)(=O)c1ccc(N/N=C(/C)c2cccc(NC(C)=O)c2)c([N+](=O)[O-])c1. The third-order valence-electron chi connectivity index (χ3n) is 4.45. The maximum atomic E-state index is 12.7. The highest BCUT2D eigenvalue weighted by molar-refractivity contribution is 7.89. The van der Waals surface area contributed by atoms with E-state index in [4.69, 9.17) is 0 Å². The van der Waals surface area contributed by atoms with Crippen molar-refractivity contribution >= 4 is 38.7 Å². The number of hydrogen-bond donors (Lipinski definition) is 2. The van der Waals surface area contributed by atoms with Crippen molar-refractivity contribution in [3.05, 3.63) is 58.1 Å². The third-order valence-corrected chi connectivity index (χ3v) is 6.50. The number of anilines is 2. The standard InChI is InChI=1S/C20H25N5O5S/c1-5-24(6-2)31(29,30)18-10-11-19(20(13-18)25(27)28)23-22-14(3)16-8-7-9-17(12-16)21-15(4)26/h7-13,23H,5-6H2,1-4H3,(H,21,26)/b22-14-. The van der Waals surface area contributed by atoms with Gasteiger partial charge in [-0.3, -0.25) is 20.3 Å². The zero-order valence-corrected chi connectivity index (χ0v) is 18.6. The summed E-state index contributed by atoms with van der Waals surface area (Å²) < 4.78 is 26.6. The number of nitrogens with zero attached hydrogens (tertiary/aromatic N) is 3. The molecule has 0 bridgehead atoms. The number of carbonyl (C=O) groups is 1. The Balaban J connectivity index is 2.35. The summed E-state index contributed by atoms with van der Waals surface area (Å²) in [5.74, 6) is -0.208. The Bertz CT molecular complexity index is 1110. The number of nitrogens with one attached hydrogen (secondary N) is 2. The first-order valence-corrected chi connectivity index (χ1v) is 11.0. The molecule has 2 aromatic rings. The van der Waals surface area contributed by atoms with Crippen LogP contribution in [0.4, 0.5) is 17.1 Å². The second kappa shape index (κ2) is 10.1. The summed E-state index contributed by atoms with van der Waals surface area (Å²) in [6.07, 6.45) is 0. The molecule has 2 aromatic carbocycles. The maximum absolute atomic E-state index is 12.7. The molecule has 0 saturated carbocycles. The zero-order chi connectivity index (χ0) is 23.2. The Kier molecular flexibility index (Phi) is 7.83. The Morgan fingerprint density at radius 2 is 1.81 bits per heavy atom. The molecule has 31 heavy (non-hydrogen) atoms. The van der Waals surface area contributed by atoms with Gasteiger partial charge in [0.1, 0.15) is 5.69 Å². The van der Waals surface area contributed by atoms with Crippen molar-refractivity contribution in [2.45, 2.75) is 32.6 Å². The number of sulfonamides is 1. The number of amides is 1. The molecule has 0 radical (unpaired) electrons. The molecular weight excluding hydrogens is 422 g/mol. The van der Waals surface area contributed by atoms with Gasteiger partial charge in [-0.25, -0.2) is 8.42 Å². The number of benzene rings is 2. The van der Waals surface area contributed by atoms with Crippen molar-refractivity contribution in [3.63, 3.8) is 0 Å². The van der Waals surface area contributed by atoms with Gasteiger partial charge >= 0.3 is 0 Å². The van der Waals surface area contributed by atoms with Crippen LogP contribution in [0.1, 0.15) is 33.3 Å². The van der Waals surface area contributed by atoms with Crippen molar-refractivity contribution in [2.24, 2.45) is 5.10 Å². The Hall–Kier alpha value is -3.31. The molecule has 2 N–H and O–H groups in total. The molecule has 1 amide bonds. The Labute approximate surface area is 181 Å². The molecule has 0 fully saturated rings. The molecule has 11 heteroatoms. The molecule has 2 rings (SSSR count). The number of rotatable bonds is 9. The quantitative estimate of drug-likeness (QED) is 0.344. The van der Waals surface area contributed by atoms with E-state index in [9.17, 15) is 23.3 Å². The molecule has 0 heterocycles. The van der Waals surface area contributed by atoms with Gasteiger partial charge in [0, 0.05) is 31.8 Å². The topological polar surface area (TPSA) is 134 Å². The second-order valence-electron chi connectivity index (χ2n) is 6.60. The van der Waals surface area contributed by atoms with Crippen molar-refractivity contribution < 1.29 is 18.1 Å². The monoisotopic (exact) mass is 447 g/mol. The summed E-state index contributed by atoms with van der Waals surface area (Å²) in [6.45, 7) is 7.01. The number of nitro groups is 1. The second-order valence-corrected chi connectivity index (χ2v) is 8.53. The fourth-order valence-electron chi connectivity index (χ4n) is 2.86. The highest BCUT2D eigenvalue weighted by Crippen LogP contribution is 2.29. The minimum Gasteiger partial charge on any atom is -0.326 e. The van der Waals surface area contributed by atoms with E-state index in [1.807, 2.05) is 0 Å². The predicted molar refractivity (Wildman–Crippen MR) is 120 cm³/mol. The molecule has 0 aliphatic heterocycles. The van der Waals surface area contributed by atoms with Crippen LogP contribution in [0, 0.1) is 10.1 Å². The molecule has 0 aliphatic rings. The first-order valence-electron chi connectivity index (χ1n) is 9.57. The zero-order valence-electron chi connectivity index (χ0n) is 17.7. The first kappa shape index (κ1) is 24.0. The highest BCUT2D eigenvalue weighted by atomic mass is 32.2. The lowest BCUT2D eigenvalue weighted by atomic mass is 10.1. The van der Waals surface area contributed by atoms with Crippen LogP contribution in [0.15, 0.2) is 52.5 Å². The first-order chi connectivity index (χ1) is 14.6. The van der Waals surface area contributed by atoms with Gasteiger partial charge in [0.25, 0.3) is 5.69 Å². The summed E-state index contributed by atoms with van der Waals surface area (Å²) >= 11 is 0. The molecule has 0 aromatic heterocycles. The smallest absolute Gasteiger partial charge is 0.295 e. The normalized spacial score (nSPS) is 12.0. The third kappa shape index (κ3) is 5.86. The van der Waals surface area contributed by atoms with Crippen LogP contribution >= 0.6 is 0 Å². The van der Waals surface area contributed by atoms with E-state index in [2.05, 4.69) is 15.8 Å². The van der Waals surface area contributed by atoms with Gasteiger partial charge in [0.2, 0.25) is 15.9 Å². The molecule has 10 nitrogen and oxygen atoms in total. The van der Waals surface area contributed by atoms with Crippen LogP contribution < -0.4 is 10.7 Å². The average molecular weight is 448 g/mol. The summed E-state index contributed by atoms with van der Waals surface area (Å²) in [4.78, 5) is 21.9. The lowest BCUT2D eigenvalue weighted by Crippen LogP contribution is -2.30. The summed E-state index contributed by atoms with van der Waals surface area (Å²) in [7, 11) is -3.83. The van der Waals surface area contributed by atoms with E-state index < -0.39 is 20.6 Å². The number of nitro benzene ring substituents is 1. The molecule has 0 spiro atoms. The molecule has 0 atom stereocenters. The van der Waals surface area contributed by atoms with E-state index in [1.165, 1.54) is 23.4 Å². The van der Waals surface area contributed by atoms with Crippen LogP contribution in [-0.2, 0) is 14.8 Å². The van der Waals surface area contributed by atoms with Crippen LogP contribution in [-0.4, -0.2) is 42.4 Å². The van der Waals surface area contributed by atoms with Crippen LogP contribution in [0.2, 0.25) is 0 Å². The Morgan fingerprint density at radius 3 is 2.39 bits per heavy atom. The molecule has 0 saturated heterocycles. The van der Waals surface area contributed by atoms with Gasteiger partial charge in [-0.15, -0.1) is 0 Å². The largest absolute Gasteiger partial charge is 0.326 e. The lowest BCUT2D eigenvalue weighted by molar-refractivity contribution is -0.384. The minimum atomic E-state index is -3.83. The van der Waals surface area contributed by atoms with E-state index in [-0.39, 0.29) is 29.6 Å². The summed E-state index contributed by atoms with van der Waals surface area (Å²) in [5.41, 5.74) is 4.10. The summed E-state index contributed by atoms with van der Waals surface area (Å²) in [5, 5.41) is 18.4. The van der Waals surface area contributed by atoms with Crippen molar-refractivity contribution in [1.82, 2.24) is 4.31 Å². The van der Waals surface area contributed by atoms with E-state index >= 15 is 0 Å². The lowest BCUT2D eigenvalue weighted by Gasteiger charge is -2.18. The van der Waals surface area contributed by atoms with Crippen molar-refractivity contribution in [1.29, 1.82) is 0 Å². The van der Waals surface area contributed by atoms with Gasteiger partial charge in [-0.05, 0) is 36.8 Å². The molecule has 0 unspecified atom stereocenters. The fraction of sp³-hybridized carbons (Fsp3) is 0.300. The van der Waals surface area contributed by atoms with E-state index in [0.717, 1.165) is 6.07 Å². The average Bonchev–Trinajstić information content (AvgIpc) is 2.72. The van der Waals surface area contributed by atoms with Crippen molar-refractivity contribution in [3.8, 4) is 0 Å². The molecular formula is C20H25N5O5S.